The second kappa shape index (κ2) is 4.64. The van der Waals surface area contributed by atoms with E-state index in [1.54, 1.807) is 18.3 Å². The van der Waals surface area contributed by atoms with Crippen LogP contribution in [0.15, 0.2) is 23.4 Å². The van der Waals surface area contributed by atoms with Gasteiger partial charge in [-0.15, -0.1) is 0 Å². The number of hydrogen-bond acceptors (Lipinski definition) is 4. The average Bonchev–Trinajstić information content (AvgIpc) is 3.01. The summed E-state index contributed by atoms with van der Waals surface area (Å²) in [5.74, 6) is 0.876. The molecule has 0 amide bonds. The summed E-state index contributed by atoms with van der Waals surface area (Å²) in [5, 5.41) is 3.46. The van der Waals surface area contributed by atoms with Gasteiger partial charge in [-0.3, -0.25) is 0 Å². The number of nitrogens with one attached hydrogen (secondary N) is 1. The number of aromatic nitrogens is 1. The Labute approximate surface area is 102 Å². The molecule has 1 aliphatic rings. The minimum Gasteiger partial charge on any atom is -0.381 e. The van der Waals surface area contributed by atoms with Gasteiger partial charge < -0.3 is 5.32 Å². The molecule has 0 radical (unpaired) electrons. The second-order valence-corrected chi connectivity index (χ2v) is 6.84. The van der Waals surface area contributed by atoms with Crippen molar-refractivity contribution in [2.45, 2.75) is 37.3 Å². The SMILES string of the molecule is CC(CC1CC1)Nc1ccc(S(C)(=O)=O)nc1. The molecule has 1 heterocycles. The molecule has 5 heteroatoms. The highest BCUT2D eigenvalue weighted by Gasteiger charge is 2.23. The fourth-order valence-electron chi connectivity index (χ4n) is 1.88. The lowest BCUT2D eigenvalue weighted by atomic mass is 10.1. The van der Waals surface area contributed by atoms with Gasteiger partial charge in [0.1, 0.15) is 0 Å². The Morgan fingerprint density at radius 3 is 2.65 bits per heavy atom. The Morgan fingerprint density at radius 1 is 1.47 bits per heavy atom. The molecule has 0 aromatic carbocycles. The van der Waals surface area contributed by atoms with E-state index in [1.165, 1.54) is 19.3 Å². The van der Waals surface area contributed by atoms with E-state index in [0.29, 0.717) is 6.04 Å². The lowest BCUT2D eigenvalue weighted by Crippen LogP contribution is -2.16. The monoisotopic (exact) mass is 254 g/mol. The van der Waals surface area contributed by atoms with Gasteiger partial charge in [-0.25, -0.2) is 13.4 Å². The van der Waals surface area contributed by atoms with E-state index in [-0.39, 0.29) is 5.03 Å². The smallest absolute Gasteiger partial charge is 0.192 e. The summed E-state index contributed by atoms with van der Waals surface area (Å²) in [4.78, 5) is 3.95. The molecule has 1 N–H and O–H groups in total. The standard InChI is InChI=1S/C12H18N2O2S/c1-9(7-10-3-4-10)14-11-5-6-12(13-8-11)17(2,15)16/h5-6,8-10,14H,3-4,7H2,1-2H3. The summed E-state index contributed by atoms with van der Waals surface area (Å²) in [7, 11) is -3.20. The zero-order valence-corrected chi connectivity index (χ0v) is 11.0. The first-order chi connectivity index (χ1) is 7.95. The second-order valence-electron chi connectivity index (χ2n) is 4.88. The van der Waals surface area contributed by atoms with Crippen LogP contribution in [0.3, 0.4) is 0 Å². The maximum atomic E-state index is 11.2. The van der Waals surface area contributed by atoms with Gasteiger partial charge in [0.2, 0.25) is 0 Å². The highest BCUT2D eigenvalue weighted by atomic mass is 32.2. The van der Waals surface area contributed by atoms with Gasteiger partial charge in [0.15, 0.2) is 14.9 Å². The third kappa shape index (κ3) is 3.70. The fraction of sp³-hybridized carbons (Fsp3) is 0.583. The van der Waals surface area contributed by atoms with Crippen LogP contribution in [-0.2, 0) is 9.84 Å². The van der Waals surface area contributed by atoms with Crippen molar-refractivity contribution in [2.24, 2.45) is 5.92 Å². The third-order valence-electron chi connectivity index (χ3n) is 2.91. The van der Waals surface area contributed by atoms with Crippen LogP contribution in [0.4, 0.5) is 5.69 Å². The van der Waals surface area contributed by atoms with E-state index in [0.717, 1.165) is 17.9 Å². The molecule has 2 rings (SSSR count). The Balaban J connectivity index is 1.97. The van der Waals surface area contributed by atoms with E-state index in [1.807, 2.05) is 0 Å². The van der Waals surface area contributed by atoms with Crippen LogP contribution in [0.25, 0.3) is 0 Å². The van der Waals surface area contributed by atoms with E-state index in [9.17, 15) is 8.42 Å². The van der Waals surface area contributed by atoms with Crippen LogP contribution in [0.1, 0.15) is 26.2 Å². The molecule has 94 valence electrons. The maximum absolute atomic E-state index is 11.2. The normalized spacial score (nSPS) is 17.8. The number of pyridine rings is 1. The highest BCUT2D eigenvalue weighted by Crippen LogP contribution is 2.34. The van der Waals surface area contributed by atoms with Gasteiger partial charge in [-0.1, -0.05) is 12.8 Å². The molecule has 1 atom stereocenters. The molecular weight excluding hydrogens is 236 g/mol. The zero-order chi connectivity index (χ0) is 12.5. The van der Waals surface area contributed by atoms with Gasteiger partial charge in [-0.2, -0.15) is 0 Å². The highest BCUT2D eigenvalue weighted by molar-refractivity contribution is 7.90. The fourth-order valence-corrected chi connectivity index (χ4v) is 2.44. The Hall–Kier alpha value is -1.10. The van der Waals surface area contributed by atoms with Gasteiger partial charge in [-0.05, 0) is 31.4 Å². The minimum absolute atomic E-state index is 0.123. The molecule has 1 aliphatic carbocycles. The maximum Gasteiger partial charge on any atom is 0.192 e. The lowest BCUT2D eigenvalue weighted by molar-refractivity contribution is 0.598. The first-order valence-electron chi connectivity index (χ1n) is 5.88. The lowest BCUT2D eigenvalue weighted by Gasteiger charge is -2.14. The summed E-state index contributed by atoms with van der Waals surface area (Å²) in [6.07, 6.45) is 6.61. The van der Waals surface area contributed by atoms with E-state index >= 15 is 0 Å². The molecule has 4 nitrogen and oxygen atoms in total. The predicted molar refractivity (Wildman–Crippen MR) is 67.8 cm³/mol. The summed E-state index contributed by atoms with van der Waals surface area (Å²) in [6.45, 7) is 2.14. The van der Waals surface area contributed by atoms with Crippen LogP contribution in [0, 0.1) is 5.92 Å². The van der Waals surface area contributed by atoms with Crippen molar-refractivity contribution < 1.29 is 8.42 Å². The molecule has 1 saturated carbocycles. The Morgan fingerprint density at radius 2 is 2.18 bits per heavy atom. The molecule has 17 heavy (non-hydrogen) atoms. The molecule has 0 spiro atoms. The average molecular weight is 254 g/mol. The van der Waals surface area contributed by atoms with Crippen molar-refractivity contribution in [3.05, 3.63) is 18.3 Å². The van der Waals surface area contributed by atoms with E-state index in [2.05, 4.69) is 17.2 Å². The molecule has 0 saturated heterocycles. The number of sulfone groups is 1. The Kier molecular flexibility index (Phi) is 3.38. The van der Waals surface area contributed by atoms with E-state index < -0.39 is 9.84 Å². The Bertz CT molecular complexity index is 478. The van der Waals surface area contributed by atoms with Crippen LogP contribution in [0.5, 0.6) is 0 Å². The van der Waals surface area contributed by atoms with Crippen molar-refractivity contribution in [1.29, 1.82) is 0 Å². The zero-order valence-electron chi connectivity index (χ0n) is 10.2. The van der Waals surface area contributed by atoms with Crippen LogP contribution < -0.4 is 5.32 Å². The van der Waals surface area contributed by atoms with E-state index in [4.69, 9.17) is 0 Å². The van der Waals surface area contributed by atoms with Crippen molar-refractivity contribution >= 4 is 15.5 Å². The van der Waals surface area contributed by atoms with Crippen LogP contribution in [0.2, 0.25) is 0 Å². The van der Waals surface area contributed by atoms with Crippen molar-refractivity contribution in [3.63, 3.8) is 0 Å². The molecule has 0 aliphatic heterocycles. The van der Waals surface area contributed by atoms with Gasteiger partial charge in [0.05, 0.1) is 11.9 Å². The van der Waals surface area contributed by atoms with Gasteiger partial charge in [0, 0.05) is 12.3 Å². The summed E-state index contributed by atoms with van der Waals surface area (Å²) >= 11 is 0. The summed E-state index contributed by atoms with van der Waals surface area (Å²) < 4.78 is 22.5. The van der Waals surface area contributed by atoms with Crippen molar-refractivity contribution in [1.82, 2.24) is 4.98 Å². The molecule has 1 fully saturated rings. The van der Waals surface area contributed by atoms with Crippen LogP contribution >= 0.6 is 0 Å². The molecule has 1 aromatic rings. The van der Waals surface area contributed by atoms with Crippen molar-refractivity contribution in [3.8, 4) is 0 Å². The number of anilines is 1. The molecule has 1 aromatic heterocycles. The van der Waals surface area contributed by atoms with Gasteiger partial charge >= 0.3 is 0 Å². The molecule has 0 bridgehead atoms. The summed E-state index contributed by atoms with van der Waals surface area (Å²) in [5.41, 5.74) is 0.880. The largest absolute Gasteiger partial charge is 0.381 e. The van der Waals surface area contributed by atoms with Crippen molar-refractivity contribution in [2.75, 3.05) is 11.6 Å². The van der Waals surface area contributed by atoms with Crippen LogP contribution in [-0.4, -0.2) is 25.7 Å². The molecule has 1 unspecified atom stereocenters. The first-order valence-corrected chi connectivity index (χ1v) is 7.77. The quantitative estimate of drug-likeness (QED) is 0.874. The first kappa shape index (κ1) is 12.4. The minimum atomic E-state index is -3.20. The number of nitrogens with zero attached hydrogens (tertiary/aromatic N) is 1. The molecular formula is C12H18N2O2S. The summed E-state index contributed by atoms with van der Waals surface area (Å²) in [6, 6.07) is 3.72. The number of rotatable bonds is 5. The number of hydrogen-bond donors (Lipinski definition) is 1. The predicted octanol–water partition coefficient (Wildman–Crippen LogP) is 2.09. The van der Waals surface area contributed by atoms with Gasteiger partial charge in [0.25, 0.3) is 0 Å². The third-order valence-corrected chi connectivity index (χ3v) is 3.91. The topological polar surface area (TPSA) is 59.1 Å².